The molecule has 4 N–H and O–H groups in total. The second-order valence-corrected chi connectivity index (χ2v) is 5.43. The quantitative estimate of drug-likeness (QED) is 0.616. The second-order valence-electron chi connectivity index (χ2n) is 4.56. The monoisotopic (exact) mass is 248 g/mol. The highest BCUT2D eigenvalue weighted by atomic mass is 32.2. The zero-order chi connectivity index (χ0) is 12.8. The molecule has 0 aliphatic carbocycles. The average Bonchev–Trinajstić information content (AvgIpc) is 2.23. The van der Waals surface area contributed by atoms with Crippen molar-refractivity contribution in [1.29, 1.82) is 0 Å². The number of amides is 1. The Morgan fingerprint density at radius 2 is 2.19 bits per heavy atom. The molecule has 0 spiro atoms. The summed E-state index contributed by atoms with van der Waals surface area (Å²) in [5.41, 5.74) is 4.90. The summed E-state index contributed by atoms with van der Waals surface area (Å²) in [6.45, 7) is 5.90. The van der Waals surface area contributed by atoms with Gasteiger partial charge in [0.15, 0.2) is 0 Å². The maximum Gasteiger partial charge on any atom is 0.237 e. The molecule has 0 aliphatic heterocycles. The van der Waals surface area contributed by atoms with E-state index in [0.29, 0.717) is 5.75 Å². The summed E-state index contributed by atoms with van der Waals surface area (Å²) in [6, 6.07) is -0.491. The van der Waals surface area contributed by atoms with E-state index in [0.717, 1.165) is 6.42 Å². The Balaban J connectivity index is 4.06. The van der Waals surface area contributed by atoms with Gasteiger partial charge in [-0.1, -0.05) is 20.3 Å². The van der Waals surface area contributed by atoms with Gasteiger partial charge >= 0.3 is 0 Å². The van der Waals surface area contributed by atoms with Crippen LogP contribution in [-0.2, 0) is 4.79 Å². The number of thioether (sulfide) groups is 1. The predicted molar refractivity (Wildman–Crippen MR) is 69.4 cm³/mol. The third kappa shape index (κ3) is 5.72. The van der Waals surface area contributed by atoms with Gasteiger partial charge in [-0.15, -0.1) is 0 Å². The van der Waals surface area contributed by atoms with E-state index < -0.39 is 11.6 Å². The highest BCUT2D eigenvalue weighted by Gasteiger charge is 2.24. The van der Waals surface area contributed by atoms with Crippen LogP contribution in [0.2, 0.25) is 0 Å². The Morgan fingerprint density at radius 3 is 2.62 bits per heavy atom. The number of rotatable bonds is 7. The van der Waals surface area contributed by atoms with Crippen LogP contribution in [-0.4, -0.2) is 41.2 Å². The van der Waals surface area contributed by atoms with Crippen LogP contribution >= 0.6 is 11.8 Å². The fraction of sp³-hybridized carbons (Fsp3) is 0.909. The molecule has 0 rings (SSSR count). The molecular weight excluding hydrogens is 224 g/mol. The number of carbonyl (C=O) groups is 1. The number of hydrogen-bond donors (Lipinski definition) is 3. The van der Waals surface area contributed by atoms with Gasteiger partial charge in [-0.25, -0.2) is 0 Å². The van der Waals surface area contributed by atoms with Gasteiger partial charge < -0.3 is 16.2 Å². The van der Waals surface area contributed by atoms with Crippen LogP contribution in [0.15, 0.2) is 0 Å². The van der Waals surface area contributed by atoms with Crippen molar-refractivity contribution in [3.8, 4) is 0 Å². The lowest BCUT2D eigenvalue weighted by atomic mass is 9.99. The molecule has 0 aliphatic rings. The van der Waals surface area contributed by atoms with E-state index in [4.69, 9.17) is 5.73 Å². The lowest BCUT2D eigenvalue weighted by Gasteiger charge is -2.24. The number of carbonyl (C=O) groups excluding carboxylic acids is 1. The van der Waals surface area contributed by atoms with Gasteiger partial charge in [0.1, 0.15) is 0 Å². The van der Waals surface area contributed by atoms with E-state index in [2.05, 4.69) is 5.32 Å². The summed E-state index contributed by atoms with van der Waals surface area (Å²) in [4.78, 5) is 11.6. The molecule has 0 radical (unpaired) electrons. The molecule has 0 aromatic rings. The number of aliphatic hydroxyl groups is 1. The van der Waals surface area contributed by atoms with Crippen molar-refractivity contribution in [1.82, 2.24) is 5.32 Å². The molecule has 0 heterocycles. The first-order chi connectivity index (χ1) is 7.34. The molecular formula is C11H24N2O2S. The van der Waals surface area contributed by atoms with E-state index in [9.17, 15) is 9.90 Å². The van der Waals surface area contributed by atoms with Crippen molar-refractivity contribution < 1.29 is 9.90 Å². The molecule has 96 valence electrons. The minimum atomic E-state index is -0.871. The van der Waals surface area contributed by atoms with Crippen LogP contribution in [0.25, 0.3) is 0 Å². The van der Waals surface area contributed by atoms with Gasteiger partial charge in [-0.3, -0.25) is 4.79 Å². The van der Waals surface area contributed by atoms with Crippen LogP contribution in [0.4, 0.5) is 0 Å². The van der Waals surface area contributed by atoms with Crippen LogP contribution < -0.4 is 11.1 Å². The van der Waals surface area contributed by atoms with Crippen LogP contribution in [0.3, 0.4) is 0 Å². The molecule has 0 aromatic heterocycles. The molecule has 16 heavy (non-hydrogen) atoms. The highest BCUT2D eigenvalue weighted by molar-refractivity contribution is 7.98. The first-order valence-corrected chi connectivity index (χ1v) is 6.98. The maximum atomic E-state index is 11.6. The van der Waals surface area contributed by atoms with Crippen LogP contribution in [0, 0.1) is 5.92 Å². The van der Waals surface area contributed by atoms with Gasteiger partial charge in [-0.05, 0) is 19.1 Å². The maximum absolute atomic E-state index is 11.6. The van der Waals surface area contributed by atoms with Crippen molar-refractivity contribution in [3.05, 3.63) is 0 Å². The zero-order valence-electron chi connectivity index (χ0n) is 10.6. The number of hydrogen-bond acceptors (Lipinski definition) is 4. The van der Waals surface area contributed by atoms with Gasteiger partial charge in [0.05, 0.1) is 11.6 Å². The number of nitrogens with one attached hydrogen (secondary N) is 1. The zero-order valence-corrected chi connectivity index (χ0v) is 11.4. The Bertz CT molecular complexity index is 222. The highest BCUT2D eigenvalue weighted by Crippen LogP contribution is 2.10. The summed E-state index contributed by atoms with van der Waals surface area (Å²) >= 11 is 1.55. The molecule has 1 amide bonds. The SMILES string of the molecule is CCC(C)C(N)C(=O)NCC(C)(O)CSC. The molecule has 4 nitrogen and oxygen atoms in total. The van der Waals surface area contributed by atoms with Crippen LogP contribution in [0.1, 0.15) is 27.2 Å². The largest absolute Gasteiger partial charge is 0.387 e. The summed E-state index contributed by atoms with van der Waals surface area (Å²) in [6.07, 6.45) is 2.79. The lowest BCUT2D eigenvalue weighted by Crippen LogP contribution is -2.50. The van der Waals surface area contributed by atoms with Crippen molar-refractivity contribution in [2.75, 3.05) is 18.6 Å². The Hall–Kier alpha value is -0.260. The Labute approximate surface area is 102 Å². The third-order valence-corrected chi connectivity index (χ3v) is 3.57. The van der Waals surface area contributed by atoms with E-state index in [1.807, 2.05) is 20.1 Å². The van der Waals surface area contributed by atoms with E-state index in [1.165, 1.54) is 0 Å². The van der Waals surface area contributed by atoms with Gasteiger partial charge in [0.2, 0.25) is 5.91 Å². The fourth-order valence-electron chi connectivity index (χ4n) is 1.27. The van der Waals surface area contributed by atoms with E-state index in [-0.39, 0.29) is 18.4 Å². The van der Waals surface area contributed by atoms with Crippen molar-refractivity contribution in [2.24, 2.45) is 11.7 Å². The van der Waals surface area contributed by atoms with Gasteiger partial charge in [0.25, 0.3) is 0 Å². The minimum Gasteiger partial charge on any atom is -0.387 e. The molecule has 0 saturated heterocycles. The molecule has 0 bridgehead atoms. The second kappa shape index (κ2) is 7.14. The molecule has 3 atom stereocenters. The van der Waals surface area contributed by atoms with Gasteiger partial charge in [-0.2, -0.15) is 11.8 Å². The molecule has 0 fully saturated rings. The minimum absolute atomic E-state index is 0.158. The standard InChI is InChI=1S/C11H24N2O2S/c1-5-8(2)9(12)10(14)13-6-11(3,15)7-16-4/h8-9,15H,5-7,12H2,1-4H3,(H,13,14). The molecule has 0 aromatic carbocycles. The third-order valence-electron chi connectivity index (χ3n) is 2.66. The first-order valence-electron chi connectivity index (χ1n) is 5.58. The summed E-state index contributed by atoms with van der Waals surface area (Å²) in [5.74, 6) is 0.562. The van der Waals surface area contributed by atoms with Crippen molar-refractivity contribution in [3.63, 3.8) is 0 Å². The smallest absolute Gasteiger partial charge is 0.237 e. The molecule has 0 saturated carbocycles. The van der Waals surface area contributed by atoms with Crippen molar-refractivity contribution in [2.45, 2.75) is 38.8 Å². The average molecular weight is 248 g/mol. The number of nitrogens with two attached hydrogens (primary N) is 1. The Kier molecular flexibility index (Phi) is 7.03. The lowest BCUT2D eigenvalue weighted by molar-refractivity contribution is -0.124. The van der Waals surface area contributed by atoms with Crippen molar-refractivity contribution >= 4 is 17.7 Å². The van der Waals surface area contributed by atoms with Crippen LogP contribution in [0.5, 0.6) is 0 Å². The molecule has 5 heteroatoms. The van der Waals surface area contributed by atoms with Gasteiger partial charge in [0, 0.05) is 12.3 Å². The Morgan fingerprint density at radius 1 is 1.62 bits per heavy atom. The topological polar surface area (TPSA) is 75.4 Å². The summed E-state index contributed by atoms with van der Waals surface area (Å²) < 4.78 is 0. The summed E-state index contributed by atoms with van der Waals surface area (Å²) in [7, 11) is 0. The normalized spacial score (nSPS) is 18.6. The first kappa shape index (κ1) is 15.7. The fourth-order valence-corrected chi connectivity index (χ4v) is 1.99. The van der Waals surface area contributed by atoms with E-state index >= 15 is 0 Å². The molecule has 3 unspecified atom stereocenters. The van der Waals surface area contributed by atoms with E-state index in [1.54, 1.807) is 18.7 Å². The summed E-state index contributed by atoms with van der Waals surface area (Å²) in [5, 5.41) is 12.6. The predicted octanol–water partition coefficient (Wildman–Crippen LogP) is 0.590.